The molecule has 0 saturated carbocycles. The third-order valence-corrected chi connectivity index (χ3v) is 3.73. The van der Waals surface area contributed by atoms with Crippen LogP contribution in [-0.2, 0) is 4.74 Å². The van der Waals surface area contributed by atoms with E-state index >= 15 is 0 Å². The van der Waals surface area contributed by atoms with Crippen LogP contribution in [0.1, 0.15) is 28.8 Å². The van der Waals surface area contributed by atoms with E-state index in [-0.39, 0.29) is 12.0 Å². The lowest BCUT2D eigenvalue weighted by molar-refractivity contribution is 0.0679. The number of hydrogen-bond acceptors (Lipinski definition) is 4. The molecule has 3 rings (SSSR count). The van der Waals surface area contributed by atoms with E-state index in [1.165, 1.54) is 0 Å². The molecule has 2 aromatic rings. The van der Waals surface area contributed by atoms with Crippen molar-refractivity contribution in [3.63, 3.8) is 0 Å². The smallest absolute Gasteiger partial charge is 0.256 e. The Bertz CT molecular complexity index is 664. The number of aromatic nitrogens is 1. The Hall–Kier alpha value is -2.40. The van der Waals surface area contributed by atoms with Gasteiger partial charge >= 0.3 is 0 Å². The highest BCUT2D eigenvalue weighted by molar-refractivity contribution is 6.03. The predicted octanol–water partition coefficient (Wildman–Crippen LogP) is 3.20. The zero-order valence-electron chi connectivity index (χ0n) is 13.1. The minimum atomic E-state index is -0.186. The summed E-state index contributed by atoms with van der Waals surface area (Å²) in [6, 6.07) is 10.8. The maximum absolute atomic E-state index is 12.2. The molecule has 0 unspecified atom stereocenters. The van der Waals surface area contributed by atoms with Crippen LogP contribution in [0.4, 0.5) is 5.82 Å². The van der Waals surface area contributed by atoms with E-state index in [0.29, 0.717) is 18.0 Å². The number of benzene rings is 1. The number of pyridine rings is 1. The van der Waals surface area contributed by atoms with Crippen molar-refractivity contribution in [3.8, 4) is 5.75 Å². The molecule has 1 atom stereocenters. The van der Waals surface area contributed by atoms with Gasteiger partial charge in [0.15, 0.2) is 0 Å². The lowest BCUT2D eigenvalue weighted by Crippen LogP contribution is -2.16. The highest BCUT2D eigenvalue weighted by Gasteiger charge is 2.16. The molecule has 1 aromatic carbocycles. The standard InChI is InChI=1S/C18H20N2O3/c1-13-8-9-19-17(11-13)20-18(21)14-4-6-15(7-5-14)23-12-16-3-2-10-22-16/h4-9,11,16H,2-3,10,12H2,1H3,(H,19,20,21)/t16-/m1/s1. The minimum Gasteiger partial charge on any atom is -0.491 e. The van der Waals surface area contributed by atoms with E-state index in [0.717, 1.165) is 30.8 Å². The first-order valence-electron chi connectivity index (χ1n) is 7.79. The van der Waals surface area contributed by atoms with Crippen LogP contribution in [0.15, 0.2) is 42.6 Å². The molecule has 1 amide bonds. The fourth-order valence-corrected chi connectivity index (χ4v) is 2.46. The fourth-order valence-electron chi connectivity index (χ4n) is 2.46. The molecule has 5 heteroatoms. The number of amides is 1. The van der Waals surface area contributed by atoms with Crippen LogP contribution in [0.25, 0.3) is 0 Å². The van der Waals surface area contributed by atoms with E-state index in [1.54, 1.807) is 30.5 Å². The quantitative estimate of drug-likeness (QED) is 0.921. The van der Waals surface area contributed by atoms with Gasteiger partial charge in [0, 0.05) is 18.4 Å². The molecule has 2 heterocycles. The first-order chi connectivity index (χ1) is 11.2. The van der Waals surface area contributed by atoms with Crippen LogP contribution in [0.3, 0.4) is 0 Å². The summed E-state index contributed by atoms with van der Waals surface area (Å²) in [5.74, 6) is 1.10. The minimum absolute atomic E-state index is 0.186. The summed E-state index contributed by atoms with van der Waals surface area (Å²) in [5.41, 5.74) is 1.62. The molecule has 1 saturated heterocycles. The number of rotatable bonds is 5. The number of carbonyl (C=O) groups is 1. The molecule has 0 bridgehead atoms. The zero-order valence-corrected chi connectivity index (χ0v) is 13.1. The Morgan fingerprint density at radius 2 is 2.17 bits per heavy atom. The Morgan fingerprint density at radius 1 is 1.35 bits per heavy atom. The van der Waals surface area contributed by atoms with Crippen molar-refractivity contribution >= 4 is 11.7 Å². The van der Waals surface area contributed by atoms with Crippen LogP contribution >= 0.6 is 0 Å². The maximum atomic E-state index is 12.2. The number of nitrogens with one attached hydrogen (secondary N) is 1. The SMILES string of the molecule is Cc1ccnc(NC(=O)c2ccc(OC[C@H]3CCCO3)cc2)c1. The van der Waals surface area contributed by atoms with Gasteiger partial charge in [-0.3, -0.25) is 4.79 Å². The van der Waals surface area contributed by atoms with E-state index in [4.69, 9.17) is 9.47 Å². The zero-order chi connectivity index (χ0) is 16.1. The number of ether oxygens (including phenoxy) is 2. The molecule has 0 spiro atoms. The van der Waals surface area contributed by atoms with Crippen molar-refractivity contribution in [1.82, 2.24) is 4.98 Å². The second-order valence-electron chi connectivity index (χ2n) is 5.64. The van der Waals surface area contributed by atoms with Crippen molar-refractivity contribution in [2.24, 2.45) is 0 Å². The van der Waals surface area contributed by atoms with E-state index in [1.807, 2.05) is 19.1 Å². The third kappa shape index (κ3) is 4.29. The van der Waals surface area contributed by atoms with Gasteiger partial charge in [-0.15, -0.1) is 0 Å². The van der Waals surface area contributed by atoms with Crippen molar-refractivity contribution in [3.05, 3.63) is 53.7 Å². The summed E-state index contributed by atoms with van der Waals surface area (Å²) < 4.78 is 11.2. The van der Waals surface area contributed by atoms with Crippen molar-refractivity contribution in [1.29, 1.82) is 0 Å². The number of carbonyl (C=O) groups excluding carboxylic acids is 1. The first kappa shape index (κ1) is 15.5. The Balaban J connectivity index is 1.56. The summed E-state index contributed by atoms with van der Waals surface area (Å²) in [6.45, 7) is 3.33. The van der Waals surface area contributed by atoms with Gasteiger partial charge < -0.3 is 14.8 Å². The van der Waals surface area contributed by atoms with Crippen molar-refractivity contribution < 1.29 is 14.3 Å². The second-order valence-corrected chi connectivity index (χ2v) is 5.64. The van der Waals surface area contributed by atoms with Gasteiger partial charge in [-0.25, -0.2) is 4.98 Å². The van der Waals surface area contributed by atoms with Crippen LogP contribution in [0.5, 0.6) is 5.75 Å². The van der Waals surface area contributed by atoms with Crippen LogP contribution in [-0.4, -0.2) is 30.2 Å². The van der Waals surface area contributed by atoms with Gasteiger partial charge in [0.2, 0.25) is 0 Å². The van der Waals surface area contributed by atoms with Crippen LogP contribution < -0.4 is 10.1 Å². The van der Waals surface area contributed by atoms with Gasteiger partial charge in [-0.1, -0.05) is 0 Å². The number of aryl methyl sites for hydroxylation is 1. The van der Waals surface area contributed by atoms with E-state index in [2.05, 4.69) is 10.3 Å². The molecule has 1 aliphatic heterocycles. The maximum Gasteiger partial charge on any atom is 0.256 e. The summed E-state index contributed by atoms with van der Waals surface area (Å²) in [7, 11) is 0. The molecule has 0 aliphatic carbocycles. The average molecular weight is 312 g/mol. The lowest BCUT2D eigenvalue weighted by Gasteiger charge is -2.11. The first-order valence-corrected chi connectivity index (χ1v) is 7.79. The molecule has 5 nitrogen and oxygen atoms in total. The van der Waals surface area contributed by atoms with Gasteiger partial charge in [-0.2, -0.15) is 0 Å². The highest BCUT2D eigenvalue weighted by Crippen LogP contribution is 2.17. The monoisotopic (exact) mass is 312 g/mol. The molecule has 120 valence electrons. The third-order valence-electron chi connectivity index (χ3n) is 3.73. The van der Waals surface area contributed by atoms with Gasteiger partial charge in [0.25, 0.3) is 5.91 Å². The largest absolute Gasteiger partial charge is 0.491 e. The Kier molecular flexibility index (Phi) is 4.88. The van der Waals surface area contributed by atoms with Crippen molar-refractivity contribution in [2.45, 2.75) is 25.9 Å². The Morgan fingerprint density at radius 3 is 2.87 bits per heavy atom. The molecule has 1 aromatic heterocycles. The number of anilines is 1. The topological polar surface area (TPSA) is 60.5 Å². The molecule has 0 radical (unpaired) electrons. The summed E-state index contributed by atoms with van der Waals surface area (Å²) in [4.78, 5) is 16.3. The molecular formula is C18H20N2O3. The second kappa shape index (κ2) is 7.24. The van der Waals surface area contributed by atoms with Gasteiger partial charge in [0.05, 0.1) is 6.10 Å². The highest BCUT2D eigenvalue weighted by atomic mass is 16.5. The summed E-state index contributed by atoms with van der Waals surface area (Å²) >= 11 is 0. The molecule has 23 heavy (non-hydrogen) atoms. The Labute approximate surface area is 135 Å². The molecule has 1 fully saturated rings. The average Bonchev–Trinajstić information content (AvgIpc) is 3.07. The van der Waals surface area contributed by atoms with E-state index < -0.39 is 0 Å². The summed E-state index contributed by atoms with van der Waals surface area (Å²) in [5, 5.41) is 2.78. The predicted molar refractivity (Wildman–Crippen MR) is 87.8 cm³/mol. The number of nitrogens with zero attached hydrogens (tertiary/aromatic N) is 1. The number of hydrogen-bond donors (Lipinski definition) is 1. The van der Waals surface area contributed by atoms with Crippen LogP contribution in [0.2, 0.25) is 0 Å². The normalized spacial score (nSPS) is 17.0. The van der Waals surface area contributed by atoms with Gasteiger partial charge in [-0.05, 0) is 61.7 Å². The van der Waals surface area contributed by atoms with Gasteiger partial charge in [0.1, 0.15) is 18.2 Å². The molecule has 1 N–H and O–H groups in total. The lowest BCUT2D eigenvalue weighted by atomic mass is 10.2. The summed E-state index contributed by atoms with van der Waals surface area (Å²) in [6.07, 6.45) is 4.00. The molecular weight excluding hydrogens is 292 g/mol. The van der Waals surface area contributed by atoms with Crippen molar-refractivity contribution in [2.75, 3.05) is 18.5 Å². The molecule has 1 aliphatic rings. The van der Waals surface area contributed by atoms with E-state index in [9.17, 15) is 4.79 Å². The fraction of sp³-hybridized carbons (Fsp3) is 0.333. The van der Waals surface area contributed by atoms with Crippen LogP contribution in [0, 0.1) is 6.92 Å².